The van der Waals surface area contributed by atoms with Gasteiger partial charge in [0, 0.05) is 25.9 Å². The number of esters is 2. The van der Waals surface area contributed by atoms with Gasteiger partial charge in [0.2, 0.25) is 6.10 Å². The zero-order valence-electron chi connectivity index (χ0n) is 25.0. The Balaban J connectivity index is 2.16. The van der Waals surface area contributed by atoms with Gasteiger partial charge in [0.15, 0.2) is 0 Å². The van der Waals surface area contributed by atoms with E-state index in [0.29, 0.717) is 12.8 Å². The third-order valence-corrected chi connectivity index (χ3v) is 8.06. The fourth-order valence-corrected chi connectivity index (χ4v) is 5.13. The zero-order chi connectivity index (χ0) is 29.3. The number of hydrogen-bond acceptors (Lipinski definition) is 8. The maximum Gasteiger partial charge on any atom is 0.350 e. The molecule has 8 nitrogen and oxygen atoms in total. The van der Waals surface area contributed by atoms with E-state index in [-0.39, 0.29) is 42.5 Å². The summed E-state index contributed by atoms with van der Waals surface area (Å²) in [6.45, 7) is 13.1. The Hall–Kier alpha value is -2.00. The van der Waals surface area contributed by atoms with Crippen molar-refractivity contribution in [1.29, 1.82) is 0 Å². The number of aliphatic hydroxyl groups excluding tert-OH is 2. The molecule has 2 N–H and O–H groups in total. The van der Waals surface area contributed by atoms with Crippen LogP contribution in [0.5, 0.6) is 0 Å². The molecular formula is C31H50O8. The number of methoxy groups -OCH3 is 1. The van der Waals surface area contributed by atoms with Crippen LogP contribution in [0, 0.1) is 17.8 Å². The molecular weight excluding hydrogens is 500 g/mol. The number of aliphatic hydroxyl groups is 2. The number of hydrogen-bond donors (Lipinski definition) is 2. The summed E-state index contributed by atoms with van der Waals surface area (Å²) in [7, 11) is 1.63. The van der Waals surface area contributed by atoms with Gasteiger partial charge in [-0.25, -0.2) is 4.79 Å². The highest BCUT2D eigenvalue weighted by Crippen LogP contribution is 2.36. The van der Waals surface area contributed by atoms with E-state index in [1.807, 2.05) is 58.9 Å². The third-order valence-electron chi connectivity index (χ3n) is 8.06. The van der Waals surface area contributed by atoms with Gasteiger partial charge < -0.3 is 29.2 Å². The monoisotopic (exact) mass is 550 g/mol. The van der Waals surface area contributed by atoms with Crippen LogP contribution in [-0.4, -0.2) is 71.5 Å². The first kappa shape index (κ1) is 33.2. The SMILES string of the molecule is CCC(O)C(C)C1OC1CC(C)C=CC=C(C)C1OC(=O)C(OC(C)=O)C(O)CCC(C)(OC)C/C=C/C1C. The molecule has 0 spiro atoms. The lowest BCUT2D eigenvalue weighted by atomic mass is 9.90. The van der Waals surface area contributed by atoms with E-state index in [9.17, 15) is 19.8 Å². The Morgan fingerprint density at radius 3 is 2.62 bits per heavy atom. The molecule has 2 heterocycles. The molecule has 8 heteroatoms. The Bertz CT molecular complexity index is 895. The summed E-state index contributed by atoms with van der Waals surface area (Å²) in [6, 6.07) is 0. The molecule has 10 atom stereocenters. The van der Waals surface area contributed by atoms with Gasteiger partial charge in [-0.3, -0.25) is 4.79 Å². The predicted octanol–water partition coefficient (Wildman–Crippen LogP) is 4.68. The average molecular weight is 551 g/mol. The Morgan fingerprint density at radius 2 is 2.00 bits per heavy atom. The van der Waals surface area contributed by atoms with Gasteiger partial charge in [-0.15, -0.1) is 0 Å². The van der Waals surface area contributed by atoms with Gasteiger partial charge in [-0.05, 0) is 57.4 Å². The summed E-state index contributed by atoms with van der Waals surface area (Å²) in [5.74, 6) is -1.21. The van der Waals surface area contributed by atoms with Crippen molar-refractivity contribution < 1.29 is 38.7 Å². The number of epoxide rings is 1. The van der Waals surface area contributed by atoms with Gasteiger partial charge in [0.25, 0.3) is 0 Å². The van der Waals surface area contributed by atoms with Crippen LogP contribution in [0.4, 0.5) is 0 Å². The van der Waals surface area contributed by atoms with Crippen molar-refractivity contribution in [3.63, 3.8) is 0 Å². The summed E-state index contributed by atoms with van der Waals surface area (Å²) in [5.41, 5.74) is 0.295. The first-order chi connectivity index (χ1) is 18.3. The van der Waals surface area contributed by atoms with Crippen molar-refractivity contribution >= 4 is 11.9 Å². The van der Waals surface area contributed by atoms with Crippen molar-refractivity contribution in [2.75, 3.05) is 7.11 Å². The lowest BCUT2D eigenvalue weighted by Crippen LogP contribution is -2.43. The summed E-state index contributed by atoms with van der Waals surface area (Å²) in [6.07, 6.45) is 9.60. The minimum atomic E-state index is -1.41. The van der Waals surface area contributed by atoms with Crippen molar-refractivity contribution in [3.8, 4) is 0 Å². The highest BCUT2D eigenvalue weighted by Gasteiger charge is 2.45. The Kier molecular flexibility index (Phi) is 12.9. The molecule has 39 heavy (non-hydrogen) atoms. The number of cyclic esters (lactones) is 1. The molecule has 0 aromatic rings. The second kappa shape index (κ2) is 15.1. The van der Waals surface area contributed by atoms with E-state index in [0.717, 1.165) is 18.4 Å². The molecule has 10 unspecified atom stereocenters. The highest BCUT2D eigenvalue weighted by atomic mass is 16.6. The molecule has 0 aromatic heterocycles. The molecule has 0 amide bonds. The molecule has 0 bridgehead atoms. The minimum absolute atomic E-state index is 0.108. The second-order valence-electron chi connectivity index (χ2n) is 11.6. The van der Waals surface area contributed by atoms with E-state index in [4.69, 9.17) is 18.9 Å². The first-order valence-corrected chi connectivity index (χ1v) is 14.3. The van der Waals surface area contributed by atoms with Gasteiger partial charge >= 0.3 is 11.9 Å². The van der Waals surface area contributed by atoms with E-state index < -0.39 is 35.9 Å². The number of carbonyl (C=O) groups is 2. The smallest absolute Gasteiger partial charge is 0.350 e. The van der Waals surface area contributed by atoms with Crippen molar-refractivity contribution in [1.82, 2.24) is 0 Å². The lowest BCUT2D eigenvalue weighted by Gasteiger charge is -2.32. The molecule has 0 aliphatic carbocycles. The minimum Gasteiger partial charge on any atom is -0.454 e. The van der Waals surface area contributed by atoms with Crippen LogP contribution >= 0.6 is 0 Å². The molecule has 1 fully saturated rings. The average Bonchev–Trinajstić information content (AvgIpc) is 3.65. The summed E-state index contributed by atoms with van der Waals surface area (Å²) in [4.78, 5) is 24.9. The normalized spacial score (nSPS) is 35.7. The first-order valence-electron chi connectivity index (χ1n) is 14.3. The van der Waals surface area contributed by atoms with Crippen LogP contribution in [0.15, 0.2) is 36.0 Å². The molecule has 2 aliphatic heterocycles. The molecule has 2 aliphatic rings. The topological polar surface area (TPSA) is 115 Å². The van der Waals surface area contributed by atoms with Crippen LogP contribution in [0.2, 0.25) is 0 Å². The predicted molar refractivity (Wildman–Crippen MR) is 150 cm³/mol. The van der Waals surface area contributed by atoms with Crippen LogP contribution in [0.1, 0.15) is 80.6 Å². The summed E-state index contributed by atoms with van der Waals surface area (Å²) < 4.78 is 22.6. The van der Waals surface area contributed by atoms with Crippen molar-refractivity contribution in [3.05, 3.63) is 36.0 Å². The van der Waals surface area contributed by atoms with Gasteiger partial charge in [-0.2, -0.15) is 0 Å². The molecule has 1 saturated heterocycles. The van der Waals surface area contributed by atoms with Crippen LogP contribution in [-0.2, 0) is 28.5 Å². The van der Waals surface area contributed by atoms with E-state index >= 15 is 0 Å². The molecule has 222 valence electrons. The van der Waals surface area contributed by atoms with Crippen LogP contribution in [0.3, 0.4) is 0 Å². The number of ether oxygens (including phenoxy) is 4. The van der Waals surface area contributed by atoms with E-state index in [2.05, 4.69) is 13.0 Å². The van der Waals surface area contributed by atoms with Crippen molar-refractivity contribution in [2.45, 2.75) is 123 Å². The zero-order valence-corrected chi connectivity index (χ0v) is 25.0. The van der Waals surface area contributed by atoms with Crippen LogP contribution in [0.25, 0.3) is 0 Å². The molecule has 0 radical (unpaired) electrons. The Labute approximate surface area is 234 Å². The molecule has 2 rings (SSSR count). The maximum absolute atomic E-state index is 13.1. The summed E-state index contributed by atoms with van der Waals surface area (Å²) >= 11 is 0. The highest BCUT2D eigenvalue weighted by molar-refractivity contribution is 5.79. The number of rotatable bonds is 10. The van der Waals surface area contributed by atoms with E-state index in [1.165, 1.54) is 6.92 Å². The third kappa shape index (κ3) is 10.2. The van der Waals surface area contributed by atoms with E-state index in [1.54, 1.807) is 7.11 Å². The van der Waals surface area contributed by atoms with Gasteiger partial charge in [0.1, 0.15) is 12.2 Å². The van der Waals surface area contributed by atoms with Crippen molar-refractivity contribution in [2.24, 2.45) is 17.8 Å². The second-order valence-corrected chi connectivity index (χ2v) is 11.6. The molecule has 0 aromatic carbocycles. The quantitative estimate of drug-likeness (QED) is 0.174. The van der Waals surface area contributed by atoms with Crippen LogP contribution < -0.4 is 0 Å². The summed E-state index contributed by atoms with van der Waals surface area (Å²) in [5, 5.41) is 20.8. The fraction of sp³-hybridized carbons (Fsp3) is 0.742. The Morgan fingerprint density at radius 1 is 1.31 bits per heavy atom. The van der Waals surface area contributed by atoms with Gasteiger partial charge in [0.05, 0.1) is 23.9 Å². The standard InChI is InChI=1S/C31H50O8/c1-9-24(33)22(5)28-26(38-28)18-19(2)12-10-13-20(3)27-21(4)14-11-16-31(7,36-8)17-15-25(34)29(30(35)39-27)37-23(6)32/h10-14,19,21-22,24-29,33-34H,9,15-18H2,1-8H3/b12-10?,14-11+,20-13?. The largest absolute Gasteiger partial charge is 0.454 e. The lowest BCUT2D eigenvalue weighted by molar-refractivity contribution is -0.178. The maximum atomic E-state index is 13.1. The number of allylic oxidation sites excluding steroid dienone is 3. The number of carbonyl (C=O) groups excluding carboxylic acids is 2. The fourth-order valence-electron chi connectivity index (χ4n) is 5.13. The van der Waals surface area contributed by atoms with Gasteiger partial charge in [-0.1, -0.05) is 58.1 Å². The molecule has 0 saturated carbocycles.